The zero-order valence-corrected chi connectivity index (χ0v) is 16.0. The first-order chi connectivity index (χ1) is 10.7. The maximum absolute atomic E-state index is 12.6. The number of ketones is 1. The van der Waals surface area contributed by atoms with Crippen molar-refractivity contribution < 1.29 is 23.9 Å². The van der Waals surface area contributed by atoms with Gasteiger partial charge in [-0.15, -0.1) is 0 Å². The third-order valence-corrected chi connectivity index (χ3v) is 3.29. The highest BCUT2D eigenvalue weighted by molar-refractivity contribution is 5.98. The summed E-state index contributed by atoms with van der Waals surface area (Å²) in [5.41, 5.74) is -1.41. The van der Waals surface area contributed by atoms with Crippen molar-refractivity contribution in [3.63, 3.8) is 0 Å². The molecule has 0 N–H and O–H groups in total. The van der Waals surface area contributed by atoms with E-state index in [2.05, 4.69) is 0 Å². The molecule has 1 saturated heterocycles. The standard InChI is InChI=1S/C17H30N2O5/c1-16(2,3)23-14(21)13-11(9-18(7)8)12(20)10-19(13)15(22)24-17(4,5)6/h11,13H,9-10H2,1-8H3. The van der Waals surface area contributed by atoms with Crippen molar-refractivity contribution in [1.82, 2.24) is 9.80 Å². The number of nitrogens with zero attached hydrogens (tertiary/aromatic N) is 2. The molecule has 7 nitrogen and oxygen atoms in total. The SMILES string of the molecule is CN(C)CC1C(=O)CN(C(=O)OC(C)(C)C)C1C(=O)OC(C)(C)C. The molecule has 0 aliphatic carbocycles. The van der Waals surface area contributed by atoms with Gasteiger partial charge in [0.15, 0.2) is 5.78 Å². The first-order valence-corrected chi connectivity index (χ1v) is 8.11. The third kappa shape index (κ3) is 5.78. The maximum atomic E-state index is 12.6. The van der Waals surface area contributed by atoms with Crippen molar-refractivity contribution in [2.24, 2.45) is 5.92 Å². The summed E-state index contributed by atoms with van der Waals surface area (Å²) in [5.74, 6) is -1.36. The normalized spacial score (nSPS) is 22.0. The summed E-state index contributed by atoms with van der Waals surface area (Å²) in [6, 6.07) is -0.964. The highest BCUT2D eigenvalue weighted by Crippen LogP contribution is 2.27. The molecule has 0 aromatic carbocycles. The van der Waals surface area contributed by atoms with Gasteiger partial charge in [-0.1, -0.05) is 0 Å². The molecule has 0 aromatic rings. The van der Waals surface area contributed by atoms with Crippen LogP contribution in [-0.4, -0.2) is 72.1 Å². The first kappa shape index (κ1) is 20.4. The Labute approximate surface area is 144 Å². The minimum Gasteiger partial charge on any atom is -0.458 e. The zero-order valence-electron chi connectivity index (χ0n) is 16.0. The molecule has 0 bridgehead atoms. The topological polar surface area (TPSA) is 76.2 Å². The van der Waals surface area contributed by atoms with Crippen LogP contribution in [0.25, 0.3) is 0 Å². The van der Waals surface area contributed by atoms with Crippen LogP contribution in [0.4, 0.5) is 4.79 Å². The van der Waals surface area contributed by atoms with E-state index in [1.807, 2.05) is 19.0 Å². The lowest BCUT2D eigenvalue weighted by molar-refractivity contribution is -0.162. The number of likely N-dealkylation sites (tertiary alicyclic amines) is 1. The van der Waals surface area contributed by atoms with Gasteiger partial charge in [-0.3, -0.25) is 9.69 Å². The van der Waals surface area contributed by atoms with Crippen LogP contribution in [0.2, 0.25) is 0 Å². The quantitative estimate of drug-likeness (QED) is 0.727. The van der Waals surface area contributed by atoms with E-state index in [1.165, 1.54) is 4.90 Å². The maximum Gasteiger partial charge on any atom is 0.411 e. The number of ether oxygens (including phenoxy) is 2. The number of esters is 1. The molecule has 1 fully saturated rings. The Morgan fingerprint density at radius 2 is 1.58 bits per heavy atom. The van der Waals surface area contributed by atoms with E-state index in [4.69, 9.17) is 9.47 Å². The summed E-state index contributed by atoms with van der Waals surface area (Å²) in [6.07, 6.45) is -0.673. The van der Waals surface area contributed by atoms with Gasteiger partial charge in [-0.05, 0) is 55.6 Å². The predicted octanol–water partition coefficient (Wildman–Crippen LogP) is 1.69. The third-order valence-electron chi connectivity index (χ3n) is 3.29. The van der Waals surface area contributed by atoms with Gasteiger partial charge in [0.25, 0.3) is 0 Å². The molecule has 0 aromatic heterocycles. The van der Waals surface area contributed by atoms with Crippen LogP contribution >= 0.6 is 0 Å². The van der Waals surface area contributed by atoms with Gasteiger partial charge < -0.3 is 14.4 Å². The van der Waals surface area contributed by atoms with Gasteiger partial charge >= 0.3 is 12.1 Å². The fourth-order valence-corrected chi connectivity index (χ4v) is 2.52. The zero-order chi connectivity index (χ0) is 18.9. The Kier molecular flexibility index (Phi) is 6.03. The Hall–Kier alpha value is -1.63. The second-order valence-corrected chi connectivity index (χ2v) is 8.42. The van der Waals surface area contributed by atoms with Crippen molar-refractivity contribution in [2.45, 2.75) is 58.8 Å². The van der Waals surface area contributed by atoms with Crippen LogP contribution in [0.15, 0.2) is 0 Å². The second-order valence-electron chi connectivity index (χ2n) is 8.42. The summed E-state index contributed by atoms with van der Waals surface area (Å²) >= 11 is 0. The molecule has 0 spiro atoms. The number of hydrogen-bond acceptors (Lipinski definition) is 6. The summed E-state index contributed by atoms with van der Waals surface area (Å²) in [5, 5.41) is 0. The molecule has 1 rings (SSSR count). The van der Waals surface area contributed by atoms with Gasteiger partial charge in [-0.25, -0.2) is 9.59 Å². The molecular formula is C17H30N2O5. The number of Topliss-reactive ketones (excluding diaryl/α,β-unsaturated/α-hetero) is 1. The molecule has 0 radical (unpaired) electrons. The Bertz CT molecular complexity index is 502. The van der Waals surface area contributed by atoms with E-state index in [-0.39, 0.29) is 12.3 Å². The van der Waals surface area contributed by atoms with Crippen LogP contribution in [0, 0.1) is 5.92 Å². The molecule has 2 atom stereocenters. The monoisotopic (exact) mass is 342 g/mol. The minimum absolute atomic E-state index is 0.142. The molecule has 1 aliphatic rings. The average molecular weight is 342 g/mol. The molecule has 0 saturated carbocycles. The van der Waals surface area contributed by atoms with Crippen molar-refractivity contribution in [1.29, 1.82) is 0 Å². The van der Waals surface area contributed by atoms with Gasteiger partial charge in [0.05, 0.1) is 12.5 Å². The number of carbonyl (C=O) groups is 3. The molecule has 7 heteroatoms. The minimum atomic E-state index is -0.964. The van der Waals surface area contributed by atoms with Crippen LogP contribution in [-0.2, 0) is 19.1 Å². The van der Waals surface area contributed by atoms with Crippen LogP contribution in [0.5, 0.6) is 0 Å². The van der Waals surface area contributed by atoms with Gasteiger partial charge in [0, 0.05) is 6.54 Å². The molecule has 138 valence electrons. The fourth-order valence-electron chi connectivity index (χ4n) is 2.52. The lowest BCUT2D eigenvalue weighted by atomic mass is 9.98. The van der Waals surface area contributed by atoms with Crippen molar-refractivity contribution in [2.75, 3.05) is 27.2 Å². The van der Waals surface area contributed by atoms with Gasteiger partial charge in [-0.2, -0.15) is 0 Å². The van der Waals surface area contributed by atoms with E-state index in [9.17, 15) is 14.4 Å². The van der Waals surface area contributed by atoms with Crippen LogP contribution in [0.3, 0.4) is 0 Å². The highest BCUT2D eigenvalue weighted by atomic mass is 16.6. The Morgan fingerprint density at radius 3 is 2.00 bits per heavy atom. The lowest BCUT2D eigenvalue weighted by Gasteiger charge is -2.31. The number of hydrogen-bond donors (Lipinski definition) is 0. The molecule has 1 aliphatic heterocycles. The summed E-state index contributed by atoms with van der Waals surface area (Å²) in [4.78, 5) is 40.5. The molecule has 1 amide bonds. The number of carbonyl (C=O) groups excluding carboxylic acids is 3. The van der Waals surface area contributed by atoms with E-state index in [1.54, 1.807) is 41.5 Å². The second kappa shape index (κ2) is 7.09. The van der Waals surface area contributed by atoms with Gasteiger partial charge in [0.2, 0.25) is 0 Å². The first-order valence-electron chi connectivity index (χ1n) is 8.11. The van der Waals surface area contributed by atoms with E-state index >= 15 is 0 Å². The van der Waals surface area contributed by atoms with Gasteiger partial charge in [0.1, 0.15) is 17.2 Å². The molecule has 1 heterocycles. The number of amides is 1. The highest BCUT2D eigenvalue weighted by Gasteiger charge is 2.50. The Morgan fingerprint density at radius 1 is 1.08 bits per heavy atom. The smallest absolute Gasteiger partial charge is 0.411 e. The number of rotatable bonds is 3. The predicted molar refractivity (Wildman–Crippen MR) is 89.6 cm³/mol. The van der Waals surface area contributed by atoms with Crippen LogP contribution < -0.4 is 0 Å². The van der Waals surface area contributed by atoms with Crippen LogP contribution in [0.1, 0.15) is 41.5 Å². The molecule has 2 unspecified atom stereocenters. The van der Waals surface area contributed by atoms with Crippen molar-refractivity contribution in [3.8, 4) is 0 Å². The summed E-state index contributed by atoms with van der Waals surface area (Å²) < 4.78 is 10.8. The van der Waals surface area contributed by atoms with Crippen molar-refractivity contribution >= 4 is 17.8 Å². The van der Waals surface area contributed by atoms with Crippen molar-refractivity contribution in [3.05, 3.63) is 0 Å². The average Bonchev–Trinajstić information content (AvgIpc) is 2.62. The largest absolute Gasteiger partial charge is 0.458 e. The summed E-state index contributed by atoms with van der Waals surface area (Å²) in [7, 11) is 3.63. The van der Waals surface area contributed by atoms with E-state index in [0.29, 0.717) is 6.54 Å². The van der Waals surface area contributed by atoms with E-state index in [0.717, 1.165) is 0 Å². The lowest BCUT2D eigenvalue weighted by Crippen LogP contribution is -2.49. The molecule has 24 heavy (non-hydrogen) atoms. The Balaban J connectivity index is 3.09. The van der Waals surface area contributed by atoms with E-state index < -0.39 is 35.2 Å². The molecular weight excluding hydrogens is 312 g/mol. The summed E-state index contributed by atoms with van der Waals surface area (Å²) in [6.45, 7) is 10.7. The fraction of sp³-hybridized carbons (Fsp3) is 0.824.